The Morgan fingerprint density at radius 1 is 1.71 bits per heavy atom. The molecule has 0 saturated heterocycles. The van der Waals surface area contributed by atoms with Crippen LogP contribution in [0.15, 0.2) is 18.0 Å². The summed E-state index contributed by atoms with van der Waals surface area (Å²) in [5, 5.41) is 3.34. The number of hydrogen-bond donors (Lipinski definition) is 1. The second-order valence-electron chi connectivity index (χ2n) is 3.07. The predicted octanol–water partition coefficient (Wildman–Crippen LogP) is 1.49. The third kappa shape index (κ3) is 1.93. The van der Waals surface area contributed by atoms with Gasteiger partial charge in [0, 0.05) is 6.42 Å². The lowest BCUT2D eigenvalue weighted by atomic mass is 10.1. The molecule has 0 aromatic carbocycles. The fourth-order valence-corrected chi connectivity index (χ4v) is 1.94. The van der Waals surface area contributed by atoms with Crippen molar-refractivity contribution in [1.82, 2.24) is 14.1 Å². The number of rotatable bonds is 4. The van der Waals surface area contributed by atoms with Crippen molar-refractivity contribution in [2.45, 2.75) is 19.4 Å². The van der Waals surface area contributed by atoms with Crippen LogP contribution in [0, 0.1) is 0 Å². The Kier molecular flexibility index (Phi) is 3.10. The molecule has 0 spiro atoms. The van der Waals surface area contributed by atoms with Crippen molar-refractivity contribution in [3.05, 3.63) is 23.7 Å². The molecule has 4 nitrogen and oxygen atoms in total. The SMILES string of the molecule is CCNC(C1=CCCO1)c1cnsn1. The summed E-state index contributed by atoms with van der Waals surface area (Å²) < 4.78 is 13.8. The summed E-state index contributed by atoms with van der Waals surface area (Å²) in [5.74, 6) is 0.986. The zero-order valence-electron chi connectivity index (χ0n) is 8.06. The summed E-state index contributed by atoms with van der Waals surface area (Å²) in [6, 6.07) is 0.0845. The third-order valence-electron chi connectivity index (χ3n) is 2.10. The van der Waals surface area contributed by atoms with Gasteiger partial charge in [-0.05, 0) is 12.6 Å². The summed E-state index contributed by atoms with van der Waals surface area (Å²) in [4.78, 5) is 0. The fourth-order valence-electron chi connectivity index (χ4n) is 1.49. The zero-order valence-corrected chi connectivity index (χ0v) is 8.88. The minimum atomic E-state index is 0.0845. The van der Waals surface area contributed by atoms with Gasteiger partial charge in [-0.1, -0.05) is 6.92 Å². The maximum atomic E-state index is 5.53. The molecular weight excluding hydrogens is 198 g/mol. The predicted molar refractivity (Wildman–Crippen MR) is 55.0 cm³/mol. The molecule has 1 aliphatic rings. The van der Waals surface area contributed by atoms with Crippen LogP contribution in [0.2, 0.25) is 0 Å². The van der Waals surface area contributed by atoms with Gasteiger partial charge in [-0.2, -0.15) is 8.75 Å². The molecular formula is C9H13N3OS. The van der Waals surface area contributed by atoms with Crippen LogP contribution in [0.4, 0.5) is 0 Å². The molecule has 0 aliphatic carbocycles. The Labute approximate surface area is 87.3 Å². The Morgan fingerprint density at radius 3 is 3.21 bits per heavy atom. The molecule has 14 heavy (non-hydrogen) atoms. The molecule has 1 aromatic heterocycles. The molecule has 2 rings (SSSR count). The van der Waals surface area contributed by atoms with Gasteiger partial charge in [0.1, 0.15) is 11.8 Å². The molecule has 1 atom stereocenters. The minimum Gasteiger partial charge on any atom is -0.496 e. The molecule has 1 aliphatic heterocycles. The van der Waals surface area contributed by atoms with Crippen molar-refractivity contribution in [3.63, 3.8) is 0 Å². The van der Waals surface area contributed by atoms with E-state index in [1.54, 1.807) is 6.20 Å². The zero-order chi connectivity index (χ0) is 9.80. The number of nitrogens with one attached hydrogen (secondary N) is 1. The Hall–Kier alpha value is -0.940. The number of likely N-dealkylation sites (N-methyl/N-ethyl adjacent to an activating group) is 1. The van der Waals surface area contributed by atoms with Gasteiger partial charge < -0.3 is 10.1 Å². The average molecular weight is 211 g/mol. The molecule has 0 amide bonds. The monoisotopic (exact) mass is 211 g/mol. The van der Waals surface area contributed by atoms with Crippen molar-refractivity contribution >= 4 is 11.7 Å². The van der Waals surface area contributed by atoms with Gasteiger partial charge >= 0.3 is 0 Å². The highest BCUT2D eigenvalue weighted by Gasteiger charge is 2.21. The van der Waals surface area contributed by atoms with Gasteiger partial charge in [0.05, 0.1) is 30.2 Å². The molecule has 0 saturated carbocycles. The highest BCUT2D eigenvalue weighted by molar-refractivity contribution is 6.99. The normalized spacial score (nSPS) is 17.6. The van der Waals surface area contributed by atoms with Crippen molar-refractivity contribution in [3.8, 4) is 0 Å². The molecule has 5 heteroatoms. The first-order chi connectivity index (χ1) is 6.92. The van der Waals surface area contributed by atoms with Crippen molar-refractivity contribution in [1.29, 1.82) is 0 Å². The van der Waals surface area contributed by atoms with E-state index in [0.717, 1.165) is 31.0 Å². The van der Waals surface area contributed by atoms with E-state index >= 15 is 0 Å². The Morgan fingerprint density at radius 2 is 2.64 bits per heavy atom. The first kappa shape index (κ1) is 9.61. The molecule has 1 aromatic rings. The number of hydrogen-bond acceptors (Lipinski definition) is 5. The van der Waals surface area contributed by atoms with Gasteiger partial charge in [-0.25, -0.2) is 0 Å². The van der Waals surface area contributed by atoms with Gasteiger partial charge in [0.25, 0.3) is 0 Å². The second-order valence-corrected chi connectivity index (χ2v) is 3.62. The Balaban J connectivity index is 2.15. The first-order valence-electron chi connectivity index (χ1n) is 4.75. The molecule has 0 radical (unpaired) electrons. The maximum Gasteiger partial charge on any atom is 0.115 e. The van der Waals surface area contributed by atoms with Gasteiger partial charge in [0.15, 0.2) is 0 Å². The van der Waals surface area contributed by atoms with E-state index in [0.29, 0.717) is 0 Å². The minimum absolute atomic E-state index is 0.0845. The third-order valence-corrected chi connectivity index (χ3v) is 2.59. The maximum absolute atomic E-state index is 5.53. The first-order valence-corrected chi connectivity index (χ1v) is 5.48. The van der Waals surface area contributed by atoms with Gasteiger partial charge in [-0.3, -0.25) is 0 Å². The quantitative estimate of drug-likeness (QED) is 0.819. The van der Waals surface area contributed by atoms with E-state index in [1.807, 2.05) is 0 Å². The number of aromatic nitrogens is 2. The molecule has 2 heterocycles. The van der Waals surface area contributed by atoms with Crippen LogP contribution in [-0.2, 0) is 4.74 Å². The van der Waals surface area contributed by atoms with E-state index in [-0.39, 0.29) is 6.04 Å². The van der Waals surface area contributed by atoms with Gasteiger partial charge in [0.2, 0.25) is 0 Å². The molecule has 1 N–H and O–H groups in total. The van der Waals surface area contributed by atoms with E-state index in [9.17, 15) is 0 Å². The summed E-state index contributed by atoms with van der Waals surface area (Å²) in [6.45, 7) is 3.75. The number of ether oxygens (including phenoxy) is 1. The lowest BCUT2D eigenvalue weighted by Crippen LogP contribution is -2.23. The van der Waals surface area contributed by atoms with E-state index in [2.05, 4.69) is 27.1 Å². The highest BCUT2D eigenvalue weighted by atomic mass is 32.1. The van der Waals surface area contributed by atoms with Crippen LogP contribution in [0.25, 0.3) is 0 Å². The Bertz CT molecular complexity index is 310. The summed E-state index contributed by atoms with van der Waals surface area (Å²) in [6.07, 6.45) is 4.90. The lowest BCUT2D eigenvalue weighted by Gasteiger charge is -2.16. The number of nitrogens with zero attached hydrogens (tertiary/aromatic N) is 2. The molecule has 0 fully saturated rings. The summed E-state index contributed by atoms with van der Waals surface area (Å²) in [7, 11) is 0. The standard InChI is InChI=1S/C9H13N3OS/c1-2-10-9(7-6-11-14-12-7)8-4-3-5-13-8/h4,6,9-10H,2-3,5H2,1H3. The van der Waals surface area contributed by atoms with Crippen LogP contribution < -0.4 is 5.32 Å². The smallest absolute Gasteiger partial charge is 0.115 e. The average Bonchev–Trinajstić information content (AvgIpc) is 2.87. The van der Waals surface area contributed by atoms with Crippen LogP contribution >= 0.6 is 11.7 Å². The highest BCUT2D eigenvalue weighted by Crippen LogP contribution is 2.25. The van der Waals surface area contributed by atoms with E-state index < -0.39 is 0 Å². The second kappa shape index (κ2) is 4.52. The van der Waals surface area contributed by atoms with E-state index in [4.69, 9.17) is 4.74 Å². The van der Waals surface area contributed by atoms with Crippen molar-refractivity contribution in [2.24, 2.45) is 0 Å². The molecule has 1 unspecified atom stereocenters. The van der Waals surface area contributed by atoms with Crippen LogP contribution in [0.5, 0.6) is 0 Å². The fraction of sp³-hybridized carbons (Fsp3) is 0.556. The van der Waals surface area contributed by atoms with Crippen LogP contribution in [0.3, 0.4) is 0 Å². The van der Waals surface area contributed by atoms with Crippen molar-refractivity contribution < 1.29 is 4.74 Å². The summed E-state index contributed by atoms with van der Waals surface area (Å²) in [5.41, 5.74) is 0.949. The topological polar surface area (TPSA) is 47.0 Å². The van der Waals surface area contributed by atoms with Crippen LogP contribution in [-0.4, -0.2) is 21.9 Å². The largest absolute Gasteiger partial charge is 0.496 e. The summed E-state index contributed by atoms with van der Waals surface area (Å²) >= 11 is 1.23. The van der Waals surface area contributed by atoms with Crippen molar-refractivity contribution in [2.75, 3.05) is 13.2 Å². The van der Waals surface area contributed by atoms with E-state index in [1.165, 1.54) is 11.7 Å². The van der Waals surface area contributed by atoms with Gasteiger partial charge in [-0.15, -0.1) is 0 Å². The van der Waals surface area contributed by atoms with Crippen LogP contribution in [0.1, 0.15) is 25.1 Å². The molecule has 0 bridgehead atoms. The molecule has 76 valence electrons. The lowest BCUT2D eigenvalue weighted by molar-refractivity contribution is 0.215.